The molecule has 0 aliphatic heterocycles. The standard InChI is InChI=1S/C9H11NO5S/c1-3-6-10(2)16(13,14)8-5-4-7(15-8)9(11)12/h3-5H,1,6H2,2H3,(H,11,12). The summed E-state index contributed by atoms with van der Waals surface area (Å²) in [6.45, 7) is 3.53. The van der Waals surface area contributed by atoms with Crippen LogP contribution in [0.1, 0.15) is 10.6 Å². The molecule has 1 N–H and O–H groups in total. The van der Waals surface area contributed by atoms with E-state index in [1.54, 1.807) is 0 Å². The van der Waals surface area contributed by atoms with Gasteiger partial charge >= 0.3 is 5.97 Å². The van der Waals surface area contributed by atoms with Gasteiger partial charge in [0.2, 0.25) is 10.9 Å². The van der Waals surface area contributed by atoms with Crippen molar-refractivity contribution in [1.82, 2.24) is 4.31 Å². The minimum Gasteiger partial charge on any atom is -0.475 e. The van der Waals surface area contributed by atoms with Crippen LogP contribution in [0.15, 0.2) is 34.3 Å². The van der Waals surface area contributed by atoms with Crippen LogP contribution in [0.25, 0.3) is 0 Å². The zero-order valence-electron chi connectivity index (χ0n) is 8.58. The minimum absolute atomic E-state index is 0.117. The monoisotopic (exact) mass is 245 g/mol. The van der Waals surface area contributed by atoms with Gasteiger partial charge < -0.3 is 9.52 Å². The van der Waals surface area contributed by atoms with E-state index in [0.717, 1.165) is 16.4 Å². The van der Waals surface area contributed by atoms with Gasteiger partial charge in [-0.2, -0.15) is 4.31 Å². The van der Waals surface area contributed by atoms with E-state index in [4.69, 9.17) is 9.52 Å². The van der Waals surface area contributed by atoms with Crippen LogP contribution in [0.4, 0.5) is 0 Å². The fourth-order valence-corrected chi connectivity index (χ4v) is 2.05. The predicted octanol–water partition coefficient (Wildman–Crippen LogP) is 0.784. The Kier molecular flexibility index (Phi) is 3.51. The van der Waals surface area contributed by atoms with Crippen LogP contribution < -0.4 is 0 Å². The molecule has 0 spiro atoms. The number of hydrogen-bond acceptors (Lipinski definition) is 4. The van der Waals surface area contributed by atoms with Gasteiger partial charge in [0.1, 0.15) is 0 Å². The number of rotatable bonds is 5. The first-order chi connectivity index (χ1) is 7.39. The average Bonchev–Trinajstić information content (AvgIpc) is 2.67. The van der Waals surface area contributed by atoms with Gasteiger partial charge in [0, 0.05) is 13.6 Å². The molecule has 1 heterocycles. The van der Waals surface area contributed by atoms with E-state index in [1.807, 2.05) is 0 Å². The summed E-state index contributed by atoms with van der Waals surface area (Å²) in [6, 6.07) is 2.20. The third-order valence-electron chi connectivity index (χ3n) is 1.84. The van der Waals surface area contributed by atoms with Gasteiger partial charge in [0.25, 0.3) is 10.0 Å². The van der Waals surface area contributed by atoms with Crippen molar-refractivity contribution in [2.45, 2.75) is 5.09 Å². The maximum atomic E-state index is 11.7. The zero-order valence-corrected chi connectivity index (χ0v) is 9.40. The molecule has 0 fully saturated rings. The second kappa shape index (κ2) is 4.50. The molecule has 0 aliphatic carbocycles. The van der Waals surface area contributed by atoms with E-state index in [1.165, 1.54) is 13.1 Å². The molecular weight excluding hydrogens is 234 g/mol. The second-order valence-electron chi connectivity index (χ2n) is 3.00. The van der Waals surface area contributed by atoms with Crippen LogP contribution in [-0.4, -0.2) is 37.4 Å². The number of carboxylic acid groups (broad SMARTS) is 1. The number of hydrogen-bond donors (Lipinski definition) is 1. The Labute approximate surface area is 92.8 Å². The number of nitrogens with zero attached hydrogens (tertiary/aromatic N) is 1. The maximum Gasteiger partial charge on any atom is 0.371 e. The Morgan fingerprint density at radius 3 is 2.69 bits per heavy atom. The quantitative estimate of drug-likeness (QED) is 0.774. The van der Waals surface area contributed by atoms with Crippen molar-refractivity contribution >= 4 is 16.0 Å². The third-order valence-corrected chi connectivity index (χ3v) is 3.54. The molecule has 1 aromatic heterocycles. The van der Waals surface area contributed by atoms with Gasteiger partial charge in [-0.05, 0) is 12.1 Å². The number of carboxylic acids is 1. The summed E-state index contributed by atoms with van der Waals surface area (Å²) in [5, 5.41) is 8.19. The van der Waals surface area contributed by atoms with Gasteiger partial charge in [-0.15, -0.1) is 6.58 Å². The highest BCUT2D eigenvalue weighted by atomic mass is 32.2. The molecule has 0 aromatic carbocycles. The highest BCUT2D eigenvalue weighted by Gasteiger charge is 2.24. The molecule has 0 bridgehead atoms. The molecule has 1 rings (SSSR count). The summed E-state index contributed by atoms with van der Waals surface area (Å²) in [4.78, 5) is 10.5. The van der Waals surface area contributed by atoms with Gasteiger partial charge in [-0.3, -0.25) is 0 Å². The first-order valence-electron chi connectivity index (χ1n) is 4.30. The fraction of sp³-hybridized carbons (Fsp3) is 0.222. The molecule has 0 saturated carbocycles. The number of furan rings is 1. The molecule has 16 heavy (non-hydrogen) atoms. The van der Waals surface area contributed by atoms with Crippen LogP contribution in [0.3, 0.4) is 0 Å². The Balaban J connectivity index is 3.07. The van der Waals surface area contributed by atoms with Crippen molar-refractivity contribution in [1.29, 1.82) is 0 Å². The van der Waals surface area contributed by atoms with E-state index in [9.17, 15) is 13.2 Å². The van der Waals surface area contributed by atoms with Crippen molar-refractivity contribution in [2.75, 3.05) is 13.6 Å². The maximum absolute atomic E-state index is 11.7. The Bertz CT molecular complexity index is 502. The lowest BCUT2D eigenvalue weighted by atomic mass is 10.5. The largest absolute Gasteiger partial charge is 0.475 e. The van der Waals surface area contributed by atoms with Crippen molar-refractivity contribution in [3.63, 3.8) is 0 Å². The highest BCUT2D eigenvalue weighted by Crippen LogP contribution is 2.17. The van der Waals surface area contributed by atoms with E-state index >= 15 is 0 Å². The lowest BCUT2D eigenvalue weighted by Crippen LogP contribution is -2.26. The molecule has 0 radical (unpaired) electrons. The molecule has 7 heteroatoms. The zero-order chi connectivity index (χ0) is 12.3. The molecule has 0 saturated heterocycles. The smallest absolute Gasteiger partial charge is 0.371 e. The van der Waals surface area contributed by atoms with Gasteiger partial charge in [0.05, 0.1) is 0 Å². The summed E-state index contributed by atoms with van der Waals surface area (Å²) in [5.41, 5.74) is 0. The topological polar surface area (TPSA) is 87.8 Å². The van der Waals surface area contributed by atoms with Crippen LogP contribution in [0, 0.1) is 0 Å². The summed E-state index contributed by atoms with van der Waals surface area (Å²) >= 11 is 0. The normalized spacial score (nSPS) is 11.6. The van der Waals surface area contributed by atoms with Crippen molar-refractivity contribution in [3.05, 3.63) is 30.5 Å². The molecule has 0 amide bonds. The van der Waals surface area contributed by atoms with Crippen molar-refractivity contribution < 1.29 is 22.7 Å². The number of likely N-dealkylation sites (N-methyl/N-ethyl adjacent to an activating group) is 1. The first kappa shape index (κ1) is 12.5. The highest BCUT2D eigenvalue weighted by molar-refractivity contribution is 7.89. The van der Waals surface area contributed by atoms with Crippen molar-refractivity contribution in [2.24, 2.45) is 0 Å². The SMILES string of the molecule is C=CCN(C)S(=O)(=O)c1ccc(C(=O)O)o1. The van der Waals surface area contributed by atoms with Gasteiger partial charge in [-0.25, -0.2) is 13.2 Å². The van der Waals surface area contributed by atoms with Crippen LogP contribution in [0.2, 0.25) is 0 Å². The van der Waals surface area contributed by atoms with Gasteiger partial charge in [0.15, 0.2) is 0 Å². The minimum atomic E-state index is -3.78. The fourth-order valence-electron chi connectivity index (χ4n) is 1.01. The molecule has 0 atom stereocenters. The second-order valence-corrected chi connectivity index (χ2v) is 4.97. The molecule has 1 aromatic rings. The Morgan fingerprint density at radius 1 is 1.62 bits per heavy atom. The molecule has 0 aliphatic rings. The lowest BCUT2D eigenvalue weighted by Gasteiger charge is -2.12. The lowest BCUT2D eigenvalue weighted by molar-refractivity contribution is 0.0656. The number of sulfonamides is 1. The van der Waals surface area contributed by atoms with Gasteiger partial charge in [-0.1, -0.05) is 6.08 Å². The third kappa shape index (κ3) is 2.31. The summed E-state index contributed by atoms with van der Waals surface area (Å²) in [6.07, 6.45) is 1.42. The van der Waals surface area contributed by atoms with Crippen molar-refractivity contribution in [3.8, 4) is 0 Å². The Hall–Kier alpha value is -1.60. The van der Waals surface area contributed by atoms with E-state index in [0.29, 0.717) is 0 Å². The van der Waals surface area contributed by atoms with Crippen LogP contribution >= 0.6 is 0 Å². The first-order valence-corrected chi connectivity index (χ1v) is 5.74. The van der Waals surface area contributed by atoms with Crippen LogP contribution in [-0.2, 0) is 10.0 Å². The number of carbonyl (C=O) groups is 1. The summed E-state index contributed by atoms with van der Waals surface area (Å²) in [7, 11) is -2.43. The Morgan fingerprint density at radius 2 is 2.25 bits per heavy atom. The average molecular weight is 245 g/mol. The van der Waals surface area contributed by atoms with Crippen LogP contribution in [0.5, 0.6) is 0 Å². The summed E-state index contributed by atoms with van der Waals surface area (Å²) < 4.78 is 29.2. The predicted molar refractivity (Wildman–Crippen MR) is 55.7 cm³/mol. The molecule has 6 nitrogen and oxygen atoms in total. The molecular formula is C9H11NO5S. The summed E-state index contributed by atoms with van der Waals surface area (Å²) in [5.74, 6) is -1.72. The van der Waals surface area contributed by atoms with E-state index in [2.05, 4.69) is 6.58 Å². The van der Waals surface area contributed by atoms with E-state index < -0.39 is 26.8 Å². The number of aromatic carboxylic acids is 1. The molecule has 0 unspecified atom stereocenters. The van der Waals surface area contributed by atoms with E-state index in [-0.39, 0.29) is 6.54 Å². The molecule has 88 valence electrons.